The highest BCUT2D eigenvalue weighted by Gasteiger charge is 2.17. The van der Waals surface area contributed by atoms with Gasteiger partial charge in [0, 0.05) is 11.6 Å². The van der Waals surface area contributed by atoms with Crippen LogP contribution in [0, 0.1) is 0 Å². The Kier molecular flexibility index (Phi) is 6.97. The van der Waals surface area contributed by atoms with Gasteiger partial charge in [-0.3, -0.25) is 4.79 Å². The molecule has 0 unspecified atom stereocenters. The van der Waals surface area contributed by atoms with Crippen molar-refractivity contribution in [1.82, 2.24) is 5.32 Å². The molecule has 0 saturated carbocycles. The first-order valence-electron chi connectivity index (χ1n) is 7.97. The molecule has 0 aliphatic carbocycles. The highest BCUT2D eigenvalue weighted by Crippen LogP contribution is 2.38. The molecule has 0 fully saturated rings. The lowest BCUT2D eigenvalue weighted by atomic mass is 10.1. The van der Waals surface area contributed by atoms with Crippen LogP contribution in [0.2, 0.25) is 5.02 Å². The Morgan fingerprint density at radius 2 is 1.62 bits per heavy atom. The SMILES string of the molecule is COc1cc(CNC(=O)[C@@H](C)Oc2ccc(Cl)cc2)cc(OC)c1OC. The number of carbonyl (C=O) groups excluding carboxylic acids is 1. The second-order valence-electron chi connectivity index (χ2n) is 5.47. The normalized spacial score (nSPS) is 11.4. The van der Waals surface area contributed by atoms with Crippen molar-refractivity contribution in [3.8, 4) is 23.0 Å². The molecule has 0 heterocycles. The molecular weight excluding hydrogens is 358 g/mol. The van der Waals surface area contributed by atoms with Gasteiger partial charge in [-0.15, -0.1) is 0 Å². The van der Waals surface area contributed by atoms with Crippen LogP contribution in [0.3, 0.4) is 0 Å². The van der Waals surface area contributed by atoms with Crippen molar-refractivity contribution < 1.29 is 23.7 Å². The summed E-state index contributed by atoms with van der Waals surface area (Å²) in [7, 11) is 4.63. The van der Waals surface area contributed by atoms with Crippen molar-refractivity contribution >= 4 is 17.5 Å². The molecule has 6 nitrogen and oxygen atoms in total. The number of amides is 1. The van der Waals surface area contributed by atoms with Gasteiger partial charge in [0.15, 0.2) is 17.6 Å². The van der Waals surface area contributed by atoms with E-state index in [-0.39, 0.29) is 5.91 Å². The molecule has 0 radical (unpaired) electrons. The maximum Gasteiger partial charge on any atom is 0.261 e. The van der Waals surface area contributed by atoms with Gasteiger partial charge in [0.1, 0.15) is 5.75 Å². The minimum absolute atomic E-state index is 0.242. The second kappa shape index (κ2) is 9.20. The number of hydrogen-bond donors (Lipinski definition) is 1. The average molecular weight is 380 g/mol. The van der Waals surface area contributed by atoms with E-state index in [4.69, 9.17) is 30.5 Å². The van der Waals surface area contributed by atoms with E-state index >= 15 is 0 Å². The molecular formula is C19H22ClNO5. The van der Waals surface area contributed by atoms with Crippen LogP contribution in [0.15, 0.2) is 36.4 Å². The van der Waals surface area contributed by atoms with Crippen LogP contribution in [0.5, 0.6) is 23.0 Å². The molecule has 140 valence electrons. The lowest BCUT2D eigenvalue weighted by molar-refractivity contribution is -0.127. The van der Waals surface area contributed by atoms with Gasteiger partial charge in [0.2, 0.25) is 5.75 Å². The monoisotopic (exact) mass is 379 g/mol. The minimum Gasteiger partial charge on any atom is -0.493 e. The van der Waals surface area contributed by atoms with Crippen LogP contribution in [0.4, 0.5) is 0 Å². The number of benzene rings is 2. The second-order valence-corrected chi connectivity index (χ2v) is 5.90. The van der Waals surface area contributed by atoms with Crippen LogP contribution in [-0.4, -0.2) is 33.3 Å². The zero-order valence-electron chi connectivity index (χ0n) is 15.2. The average Bonchev–Trinajstić information content (AvgIpc) is 2.66. The lowest BCUT2D eigenvalue weighted by Gasteiger charge is -2.16. The molecule has 2 aromatic rings. The summed E-state index contributed by atoms with van der Waals surface area (Å²) < 4.78 is 21.5. The summed E-state index contributed by atoms with van der Waals surface area (Å²) >= 11 is 5.84. The van der Waals surface area contributed by atoms with E-state index < -0.39 is 6.10 Å². The Hall–Kier alpha value is -2.60. The third-order valence-corrected chi connectivity index (χ3v) is 3.94. The van der Waals surface area contributed by atoms with E-state index in [1.807, 2.05) is 0 Å². The minimum atomic E-state index is -0.654. The maximum absolute atomic E-state index is 12.3. The maximum atomic E-state index is 12.3. The third kappa shape index (κ3) is 4.95. The van der Waals surface area contributed by atoms with Gasteiger partial charge in [-0.2, -0.15) is 0 Å². The topological polar surface area (TPSA) is 66.0 Å². The first-order valence-corrected chi connectivity index (χ1v) is 8.35. The number of rotatable bonds is 8. The fourth-order valence-corrected chi connectivity index (χ4v) is 2.47. The zero-order valence-corrected chi connectivity index (χ0v) is 15.9. The molecule has 0 bridgehead atoms. The number of ether oxygens (including phenoxy) is 4. The zero-order chi connectivity index (χ0) is 19.1. The summed E-state index contributed by atoms with van der Waals surface area (Å²) in [4.78, 5) is 12.3. The Labute approximate surface area is 158 Å². The van der Waals surface area contributed by atoms with Crippen molar-refractivity contribution in [2.24, 2.45) is 0 Å². The molecule has 7 heteroatoms. The van der Waals surface area contributed by atoms with Crippen LogP contribution < -0.4 is 24.3 Å². The van der Waals surface area contributed by atoms with Crippen molar-refractivity contribution in [1.29, 1.82) is 0 Å². The van der Waals surface area contributed by atoms with Gasteiger partial charge < -0.3 is 24.3 Å². The number of hydrogen-bond acceptors (Lipinski definition) is 5. The van der Waals surface area contributed by atoms with E-state index in [9.17, 15) is 4.79 Å². The van der Waals surface area contributed by atoms with Gasteiger partial charge in [-0.25, -0.2) is 0 Å². The number of halogens is 1. The van der Waals surface area contributed by atoms with Crippen LogP contribution in [0.1, 0.15) is 12.5 Å². The third-order valence-electron chi connectivity index (χ3n) is 3.69. The van der Waals surface area contributed by atoms with Gasteiger partial charge in [-0.05, 0) is 48.9 Å². The molecule has 0 aromatic heterocycles. The molecule has 1 amide bonds. The van der Waals surface area contributed by atoms with Gasteiger partial charge >= 0.3 is 0 Å². The largest absolute Gasteiger partial charge is 0.493 e. The number of methoxy groups -OCH3 is 3. The Morgan fingerprint density at radius 3 is 2.12 bits per heavy atom. The predicted molar refractivity (Wildman–Crippen MR) is 99.5 cm³/mol. The fourth-order valence-electron chi connectivity index (χ4n) is 2.34. The van der Waals surface area contributed by atoms with Gasteiger partial charge in [0.25, 0.3) is 5.91 Å². The first-order chi connectivity index (χ1) is 12.5. The summed E-state index contributed by atoms with van der Waals surface area (Å²) in [6.45, 7) is 1.98. The van der Waals surface area contributed by atoms with Crippen molar-refractivity contribution in [3.63, 3.8) is 0 Å². The molecule has 1 N–H and O–H groups in total. The van der Waals surface area contributed by atoms with Gasteiger partial charge in [0.05, 0.1) is 21.3 Å². The molecule has 0 saturated heterocycles. The standard InChI is InChI=1S/C19H22ClNO5/c1-12(26-15-7-5-14(20)6-8-15)19(22)21-11-13-9-16(23-2)18(25-4)17(10-13)24-3/h5-10,12H,11H2,1-4H3,(H,21,22)/t12-/m1/s1. The molecule has 26 heavy (non-hydrogen) atoms. The smallest absolute Gasteiger partial charge is 0.261 e. The fraction of sp³-hybridized carbons (Fsp3) is 0.316. The summed E-state index contributed by atoms with van der Waals surface area (Å²) in [6, 6.07) is 10.4. The van der Waals surface area contributed by atoms with Crippen molar-refractivity contribution in [2.45, 2.75) is 19.6 Å². The number of nitrogens with one attached hydrogen (secondary N) is 1. The lowest BCUT2D eigenvalue weighted by Crippen LogP contribution is -2.35. The predicted octanol–water partition coefficient (Wildman–Crippen LogP) is 3.45. The Bertz CT molecular complexity index is 723. The van der Waals surface area contributed by atoms with Crippen LogP contribution in [0.25, 0.3) is 0 Å². The van der Waals surface area contributed by atoms with Crippen molar-refractivity contribution in [2.75, 3.05) is 21.3 Å². The van der Waals surface area contributed by atoms with Crippen LogP contribution in [-0.2, 0) is 11.3 Å². The van der Waals surface area contributed by atoms with Crippen molar-refractivity contribution in [3.05, 3.63) is 47.0 Å². The molecule has 2 rings (SSSR count). The van der Waals surface area contributed by atoms with E-state index in [0.29, 0.717) is 34.6 Å². The molecule has 0 aliphatic rings. The van der Waals surface area contributed by atoms with E-state index in [1.54, 1.807) is 57.5 Å². The highest BCUT2D eigenvalue weighted by atomic mass is 35.5. The summed E-state index contributed by atoms with van der Waals surface area (Å²) in [5.74, 6) is 1.89. The molecule has 1 atom stereocenters. The summed E-state index contributed by atoms with van der Waals surface area (Å²) in [5, 5.41) is 3.44. The van der Waals surface area contributed by atoms with Gasteiger partial charge in [-0.1, -0.05) is 11.6 Å². The number of carbonyl (C=O) groups is 1. The summed E-state index contributed by atoms with van der Waals surface area (Å²) in [5.41, 5.74) is 0.812. The first kappa shape index (κ1) is 19.7. The van der Waals surface area contributed by atoms with E-state index in [2.05, 4.69) is 5.32 Å². The molecule has 0 aliphatic heterocycles. The van der Waals surface area contributed by atoms with E-state index in [0.717, 1.165) is 5.56 Å². The van der Waals surface area contributed by atoms with Crippen LogP contribution >= 0.6 is 11.6 Å². The Balaban J connectivity index is 2.00. The summed E-state index contributed by atoms with van der Waals surface area (Å²) in [6.07, 6.45) is -0.654. The molecule has 2 aromatic carbocycles. The quantitative estimate of drug-likeness (QED) is 0.761. The van der Waals surface area contributed by atoms with E-state index in [1.165, 1.54) is 7.11 Å². The Morgan fingerprint density at radius 1 is 1.04 bits per heavy atom. The molecule has 0 spiro atoms. The highest BCUT2D eigenvalue weighted by molar-refractivity contribution is 6.30.